The molecule has 0 atom stereocenters. The number of anilines is 1. The van der Waals surface area contributed by atoms with E-state index in [0.29, 0.717) is 23.1 Å². The molecular weight excluding hydrogens is 284 g/mol. The highest BCUT2D eigenvalue weighted by Crippen LogP contribution is 2.40. The number of nitrogens with one attached hydrogen (secondary N) is 1. The minimum atomic E-state index is -0.300. The fourth-order valence-corrected chi connectivity index (χ4v) is 2.26. The molecule has 0 saturated heterocycles. The molecule has 6 nitrogen and oxygen atoms in total. The average molecular weight is 302 g/mol. The molecule has 0 aliphatic heterocycles. The molecule has 1 aromatic heterocycles. The van der Waals surface area contributed by atoms with Crippen molar-refractivity contribution >= 4 is 11.6 Å². The molecule has 1 amide bonds. The van der Waals surface area contributed by atoms with Gasteiger partial charge in [0, 0.05) is 23.7 Å². The standard InChI is InChI=1S/C16H18N2O4/c1-9-6-14(20-2)15(21-3)7-11(9)17-16(19)12-8-13(22-18-12)10-4-5-10/h6-8,10H,4-5H2,1-3H3,(H,17,19). The summed E-state index contributed by atoms with van der Waals surface area (Å²) in [7, 11) is 3.13. The number of ether oxygens (including phenoxy) is 2. The zero-order chi connectivity index (χ0) is 15.7. The molecule has 1 aromatic carbocycles. The van der Waals surface area contributed by atoms with Crippen LogP contribution in [0.2, 0.25) is 0 Å². The molecular formula is C16H18N2O4. The van der Waals surface area contributed by atoms with Gasteiger partial charge >= 0.3 is 0 Å². The normalized spacial score (nSPS) is 13.8. The third-order valence-corrected chi connectivity index (χ3v) is 3.72. The van der Waals surface area contributed by atoms with Crippen molar-refractivity contribution in [2.24, 2.45) is 0 Å². The summed E-state index contributed by atoms with van der Waals surface area (Å²) in [4.78, 5) is 12.3. The van der Waals surface area contributed by atoms with Gasteiger partial charge in [-0.2, -0.15) is 0 Å². The van der Waals surface area contributed by atoms with Gasteiger partial charge in [0.1, 0.15) is 5.76 Å². The predicted molar refractivity (Wildman–Crippen MR) is 80.7 cm³/mol. The minimum absolute atomic E-state index is 0.288. The lowest BCUT2D eigenvalue weighted by molar-refractivity contribution is 0.101. The molecule has 0 spiro atoms. The Morgan fingerprint density at radius 3 is 2.55 bits per heavy atom. The number of rotatable bonds is 5. The lowest BCUT2D eigenvalue weighted by Gasteiger charge is -2.13. The van der Waals surface area contributed by atoms with Gasteiger partial charge in [0.15, 0.2) is 17.2 Å². The molecule has 2 aromatic rings. The molecule has 1 aliphatic carbocycles. The fourth-order valence-electron chi connectivity index (χ4n) is 2.26. The number of aryl methyl sites for hydroxylation is 1. The third kappa shape index (κ3) is 2.77. The predicted octanol–water partition coefficient (Wildman–Crippen LogP) is 3.13. The monoisotopic (exact) mass is 302 g/mol. The summed E-state index contributed by atoms with van der Waals surface area (Å²) in [5, 5.41) is 6.66. The number of hydrogen-bond acceptors (Lipinski definition) is 5. The van der Waals surface area contributed by atoms with Crippen LogP contribution in [0.5, 0.6) is 11.5 Å². The van der Waals surface area contributed by atoms with Gasteiger partial charge in [0.05, 0.1) is 14.2 Å². The summed E-state index contributed by atoms with van der Waals surface area (Å²) in [5.41, 5.74) is 1.81. The minimum Gasteiger partial charge on any atom is -0.493 e. The number of nitrogens with zero attached hydrogens (tertiary/aromatic N) is 1. The first-order chi connectivity index (χ1) is 10.6. The number of carbonyl (C=O) groups is 1. The van der Waals surface area contributed by atoms with Crippen LogP contribution in [0, 0.1) is 6.92 Å². The van der Waals surface area contributed by atoms with Gasteiger partial charge < -0.3 is 19.3 Å². The quantitative estimate of drug-likeness (QED) is 0.918. The van der Waals surface area contributed by atoms with E-state index in [1.54, 1.807) is 26.4 Å². The summed E-state index contributed by atoms with van der Waals surface area (Å²) in [5.74, 6) is 2.09. The van der Waals surface area contributed by atoms with E-state index < -0.39 is 0 Å². The van der Waals surface area contributed by atoms with Crippen molar-refractivity contribution in [3.63, 3.8) is 0 Å². The van der Waals surface area contributed by atoms with Gasteiger partial charge in [-0.25, -0.2) is 0 Å². The Bertz CT molecular complexity index is 704. The van der Waals surface area contributed by atoms with Crippen LogP contribution in [-0.2, 0) is 0 Å². The van der Waals surface area contributed by atoms with Crippen molar-refractivity contribution in [3.8, 4) is 11.5 Å². The molecule has 1 N–H and O–H groups in total. The van der Waals surface area contributed by atoms with Gasteiger partial charge in [-0.15, -0.1) is 0 Å². The van der Waals surface area contributed by atoms with Crippen molar-refractivity contribution in [2.75, 3.05) is 19.5 Å². The van der Waals surface area contributed by atoms with Gasteiger partial charge in [0.2, 0.25) is 0 Å². The topological polar surface area (TPSA) is 73.6 Å². The molecule has 0 unspecified atom stereocenters. The van der Waals surface area contributed by atoms with E-state index >= 15 is 0 Å². The second-order valence-corrected chi connectivity index (χ2v) is 5.37. The second-order valence-electron chi connectivity index (χ2n) is 5.37. The zero-order valence-corrected chi connectivity index (χ0v) is 12.8. The summed E-state index contributed by atoms with van der Waals surface area (Å²) in [6.07, 6.45) is 2.20. The Morgan fingerprint density at radius 1 is 1.23 bits per heavy atom. The summed E-state index contributed by atoms with van der Waals surface area (Å²) >= 11 is 0. The Hall–Kier alpha value is -2.50. The highest BCUT2D eigenvalue weighted by molar-refractivity contribution is 6.03. The number of methoxy groups -OCH3 is 2. The maximum Gasteiger partial charge on any atom is 0.277 e. The van der Waals surface area contributed by atoms with E-state index in [1.165, 1.54) is 0 Å². The first kappa shape index (κ1) is 14.4. The fraction of sp³-hybridized carbons (Fsp3) is 0.375. The van der Waals surface area contributed by atoms with E-state index in [0.717, 1.165) is 24.2 Å². The highest BCUT2D eigenvalue weighted by atomic mass is 16.5. The maximum atomic E-state index is 12.3. The third-order valence-electron chi connectivity index (χ3n) is 3.72. The second kappa shape index (κ2) is 5.71. The van der Waals surface area contributed by atoms with E-state index in [9.17, 15) is 4.79 Å². The van der Waals surface area contributed by atoms with Crippen molar-refractivity contribution in [3.05, 3.63) is 35.2 Å². The van der Waals surface area contributed by atoms with Crippen molar-refractivity contribution < 1.29 is 18.8 Å². The largest absolute Gasteiger partial charge is 0.493 e. The first-order valence-corrected chi connectivity index (χ1v) is 7.13. The van der Waals surface area contributed by atoms with E-state index in [4.69, 9.17) is 14.0 Å². The molecule has 22 heavy (non-hydrogen) atoms. The Labute approximate surface area is 128 Å². The number of hydrogen-bond donors (Lipinski definition) is 1. The van der Waals surface area contributed by atoms with Crippen LogP contribution in [0.1, 0.15) is 40.6 Å². The molecule has 1 saturated carbocycles. The van der Waals surface area contributed by atoms with Crippen LogP contribution in [0.15, 0.2) is 22.7 Å². The number of carbonyl (C=O) groups excluding carboxylic acids is 1. The number of aromatic nitrogens is 1. The highest BCUT2D eigenvalue weighted by Gasteiger charge is 2.29. The average Bonchev–Trinajstić information content (AvgIpc) is 3.25. The van der Waals surface area contributed by atoms with Gasteiger partial charge in [-0.3, -0.25) is 4.79 Å². The van der Waals surface area contributed by atoms with Gasteiger partial charge in [-0.05, 0) is 31.4 Å². The molecule has 0 bridgehead atoms. The maximum absolute atomic E-state index is 12.3. The Balaban J connectivity index is 1.80. The summed E-state index contributed by atoms with van der Waals surface area (Å²) in [6.45, 7) is 1.88. The Kier molecular flexibility index (Phi) is 3.75. The molecule has 3 rings (SSSR count). The smallest absolute Gasteiger partial charge is 0.277 e. The number of benzene rings is 1. The summed E-state index contributed by atoms with van der Waals surface area (Å²) < 4.78 is 15.7. The lowest BCUT2D eigenvalue weighted by atomic mass is 10.1. The summed E-state index contributed by atoms with van der Waals surface area (Å²) in [6, 6.07) is 5.25. The van der Waals surface area contributed by atoms with E-state index in [2.05, 4.69) is 10.5 Å². The van der Waals surface area contributed by atoms with Crippen LogP contribution in [0.4, 0.5) is 5.69 Å². The molecule has 1 aliphatic rings. The van der Waals surface area contributed by atoms with E-state index in [1.807, 2.05) is 13.0 Å². The zero-order valence-electron chi connectivity index (χ0n) is 12.8. The Morgan fingerprint density at radius 2 is 1.91 bits per heavy atom. The van der Waals surface area contributed by atoms with Crippen LogP contribution < -0.4 is 14.8 Å². The van der Waals surface area contributed by atoms with Crippen LogP contribution in [0.25, 0.3) is 0 Å². The van der Waals surface area contributed by atoms with Crippen LogP contribution in [0.3, 0.4) is 0 Å². The van der Waals surface area contributed by atoms with Gasteiger partial charge in [0.25, 0.3) is 5.91 Å². The lowest BCUT2D eigenvalue weighted by Crippen LogP contribution is -2.13. The first-order valence-electron chi connectivity index (χ1n) is 7.13. The van der Waals surface area contributed by atoms with E-state index in [-0.39, 0.29) is 11.6 Å². The SMILES string of the molecule is COc1cc(C)c(NC(=O)c2cc(C3CC3)on2)cc1OC. The van der Waals surface area contributed by atoms with Crippen LogP contribution >= 0.6 is 0 Å². The molecule has 1 fully saturated rings. The van der Waals surface area contributed by atoms with Crippen molar-refractivity contribution in [2.45, 2.75) is 25.7 Å². The van der Waals surface area contributed by atoms with Gasteiger partial charge in [-0.1, -0.05) is 5.16 Å². The van der Waals surface area contributed by atoms with Crippen molar-refractivity contribution in [1.29, 1.82) is 0 Å². The molecule has 116 valence electrons. The number of amides is 1. The molecule has 0 radical (unpaired) electrons. The van der Waals surface area contributed by atoms with Crippen molar-refractivity contribution in [1.82, 2.24) is 5.16 Å². The van der Waals surface area contributed by atoms with Crippen LogP contribution in [-0.4, -0.2) is 25.3 Å². The molecule has 1 heterocycles. The molecule has 6 heteroatoms.